The number of imidazole rings is 1. The number of rotatable bonds is 5. The lowest BCUT2D eigenvalue weighted by Gasteiger charge is -2.20. The number of benzene rings is 1. The molecule has 18 heavy (non-hydrogen) atoms. The van der Waals surface area contributed by atoms with Gasteiger partial charge in [-0.3, -0.25) is 4.90 Å². The number of para-hydroxylation sites is 2. The van der Waals surface area contributed by atoms with E-state index in [2.05, 4.69) is 27.6 Å². The zero-order valence-corrected chi connectivity index (χ0v) is 10.7. The van der Waals surface area contributed by atoms with Crippen molar-refractivity contribution in [2.24, 2.45) is 7.05 Å². The molecule has 1 saturated carbocycles. The number of hydrogen-bond acceptors (Lipinski definition) is 3. The van der Waals surface area contributed by atoms with Gasteiger partial charge in [-0.1, -0.05) is 12.1 Å². The van der Waals surface area contributed by atoms with Crippen LogP contribution in [-0.4, -0.2) is 38.8 Å². The van der Waals surface area contributed by atoms with Crippen molar-refractivity contribution in [3.63, 3.8) is 0 Å². The monoisotopic (exact) mass is 245 g/mol. The standard InChI is InChI=1S/C14H19N3O/c1-16-13-5-3-2-4-12(13)15-14(16)10-17(8-9-18)11-6-7-11/h2-5,11,18H,6-10H2,1H3. The Morgan fingerprint density at radius 1 is 1.39 bits per heavy atom. The van der Waals surface area contributed by atoms with Crippen LogP contribution in [0.2, 0.25) is 0 Å². The first kappa shape index (κ1) is 11.7. The highest BCUT2D eigenvalue weighted by atomic mass is 16.3. The zero-order valence-electron chi connectivity index (χ0n) is 10.7. The van der Waals surface area contributed by atoms with Crippen LogP contribution in [0, 0.1) is 0 Å². The molecule has 2 aromatic rings. The van der Waals surface area contributed by atoms with Crippen LogP contribution < -0.4 is 0 Å². The fourth-order valence-corrected chi connectivity index (χ4v) is 2.48. The summed E-state index contributed by atoms with van der Waals surface area (Å²) < 4.78 is 2.15. The number of fused-ring (bicyclic) bond motifs is 1. The highest BCUT2D eigenvalue weighted by molar-refractivity contribution is 5.75. The Hall–Kier alpha value is -1.39. The smallest absolute Gasteiger partial charge is 0.123 e. The van der Waals surface area contributed by atoms with Crippen LogP contribution in [0.15, 0.2) is 24.3 Å². The summed E-state index contributed by atoms with van der Waals surface area (Å²) in [5, 5.41) is 9.13. The average Bonchev–Trinajstić information content (AvgIpc) is 3.17. The average molecular weight is 245 g/mol. The Balaban J connectivity index is 1.86. The molecule has 96 valence electrons. The number of aromatic nitrogens is 2. The van der Waals surface area contributed by atoms with Crippen LogP contribution in [-0.2, 0) is 13.6 Å². The fourth-order valence-electron chi connectivity index (χ4n) is 2.48. The van der Waals surface area contributed by atoms with Crippen molar-refractivity contribution in [2.45, 2.75) is 25.4 Å². The van der Waals surface area contributed by atoms with Crippen molar-refractivity contribution in [1.29, 1.82) is 0 Å². The molecule has 0 atom stereocenters. The van der Waals surface area contributed by atoms with Crippen LogP contribution in [0.1, 0.15) is 18.7 Å². The van der Waals surface area contributed by atoms with E-state index in [0.29, 0.717) is 6.04 Å². The van der Waals surface area contributed by atoms with E-state index in [-0.39, 0.29) is 6.61 Å². The SMILES string of the molecule is Cn1c(CN(CCO)C2CC2)nc2ccccc21. The van der Waals surface area contributed by atoms with Crippen molar-refractivity contribution in [1.82, 2.24) is 14.5 Å². The molecule has 1 heterocycles. The molecule has 1 aromatic carbocycles. The summed E-state index contributed by atoms with van der Waals surface area (Å²) in [6.45, 7) is 1.80. The first-order chi connectivity index (χ1) is 8.79. The molecule has 0 bridgehead atoms. The maximum Gasteiger partial charge on any atom is 0.123 e. The summed E-state index contributed by atoms with van der Waals surface area (Å²) in [7, 11) is 2.06. The van der Waals surface area contributed by atoms with Crippen LogP contribution >= 0.6 is 0 Å². The quantitative estimate of drug-likeness (QED) is 0.868. The molecule has 0 saturated heterocycles. The molecule has 0 spiro atoms. The molecule has 4 heteroatoms. The van der Waals surface area contributed by atoms with Gasteiger partial charge in [-0.2, -0.15) is 0 Å². The first-order valence-corrected chi connectivity index (χ1v) is 6.55. The lowest BCUT2D eigenvalue weighted by Crippen LogP contribution is -2.29. The Morgan fingerprint density at radius 2 is 2.17 bits per heavy atom. The Bertz CT molecular complexity index is 545. The van der Waals surface area contributed by atoms with E-state index < -0.39 is 0 Å². The van der Waals surface area contributed by atoms with E-state index in [1.54, 1.807) is 0 Å². The summed E-state index contributed by atoms with van der Waals surface area (Å²) in [4.78, 5) is 7.02. The van der Waals surface area contributed by atoms with Crippen LogP contribution in [0.25, 0.3) is 11.0 Å². The number of aryl methyl sites for hydroxylation is 1. The maximum absolute atomic E-state index is 9.13. The van der Waals surface area contributed by atoms with E-state index in [9.17, 15) is 0 Å². The van der Waals surface area contributed by atoms with Gasteiger partial charge in [0, 0.05) is 19.6 Å². The van der Waals surface area contributed by atoms with Gasteiger partial charge in [-0.25, -0.2) is 4.98 Å². The molecule has 3 rings (SSSR count). The van der Waals surface area contributed by atoms with Crippen LogP contribution in [0.5, 0.6) is 0 Å². The normalized spacial score (nSPS) is 15.7. The van der Waals surface area contributed by atoms with E-state index in [0.717, 1.165) is 24.4 Å². The summed E-state index contributed by atoms with van der Waals surface area (Å²) in [5.41, 5.74) is 2.22. The predicted octanol–water partition coefficient (Wildman–Crippen LogP) is 1.53. The predicted molar refractivity (Wildman–Crippen MR) is 71.2 cm³/mol. The van der Waals surface area contributed by atoms with Crippen molar-refractivity contribution >= 4 is 11.0 Å². The van der Waals surface area contributed by atoms with Gasteiger partial charge in [-0.05, 0) is 25.0 Å². The zero-order chi connectivity index (χ0) is 12.5. The van der Waals surface area contributed by atoms with Crippen molar-refractivity contribution < 1.29 is 5.11 Å². The second-order valence-corrected chi connectivity index (χ2v) is 5.00. The third kappa shape index (κ3) is 2.13. The summed E-state index contributed by atoms with van der Waals surface area (Å²) in [6, 6.07) is 8.86. The molecule has 1 aliphatic carbocycles. The van der Waals surface area contributed by atoms with Crippen LogP contribution in [0.4, 0.5) is 0 Å². The first-order valence-electron chi connectivity index (χ1n) is 6.55. The minimum Gasteiger partial charge on any atom is -0.395 e. The summed E-state index contributed by atoms with van der Waals surface area (Å²) in [6.07, 6.45) is 2.51. The minimum atomic E-state index is 0.223. The van der Waals surface area contributed by atoms with Gasteiger partial charge in [0.15, 0.2) is 0 Å². The van der Waals surface area contributed by atoms with Crippen LogP contribution in [0.3, 0.4) is 0 Å². The highest BCUT2D eigenvalue weighted by Gasteiger charge is 2.29. The second kappa shape index (κ2) is 4.71. The lowest BCUT2D eigenvalue weighted by molar-refractivity contribution is 0.179. The van der Waals surface area contributed by atoms with Gasteiger partial charge >= 0.3 is 0 Å². The summed E-state index contributed by atoms with van der Waals surface area (Å²) >= 11 is 0. The molecule has 4 nitrogen and oxygen atoms in total. The molecule has 1 N–H and O–H groups in total. The minimum absolute atomic E-state index is 0.223. The largest absolute Gasteiger partial charge is 0.395 e. The van der Waals surface area contributed by atoms with Gasteiger partial charge in [0.05, 0.1) is 24.2 Å². The number of aliphatic hydroxyl groups excluding tert-OH is 1. The second-order valence-electron chi connectivity index (χ2n) is 5.00. The molecule has 0 aliphatic heterocycles. The molecule has 1 aliphatic rings. The van der Waals surface area contributed by atoms with E-state index in [1.165, 1.54) is 18.4 Å². The molecular weight excluding hydrogens is 226 g/mol. The Kier molecular flexibility index (Phi) is 3.06. The molecule has 0 amide bonds. The van der Waals surface area contributed by atoms with Gasteiger partial charge in [0.1, 0.15) is 5.82 Å². The fraction of sp³-hybridized carbons (Fsp3) is 0.500. The van der Waals surface area contributed by atoms with Crippen molar-refractivity contribution in [3.8, 4) is 0 Å². The van der Waals surface area contributed by atoms with Gasteiger partial charge in [-0.15, -0.1) is 0 Å². The van der Waals surface area contributed by atoms with Crippen molar-refractivity contribution in [2.75, 3.05) is 13.2 Å². The van der Waals surface area contributed by atoms with E-state index in [1.807, 2.05) is 18.2 Å². The van der Waals surface area contributed by atoms with Gasteiger partial charge < -0.3 is 9.67 Å². The molecular formula is C14H19N3O. The number of nitrogens with zero attached hydrogens (tertiary/aromatic N) is 3. The number of hydrogen-bond donors (Lipinski definition) is 1. The van der Waals surface area contributed by atoms with Crippen molar-refractivity contribution in [3.05, 3.63) is 30.1 Å². The lowest BCUT2D eigenvalue weighted by atomic mass is 10.3. The molecule has 1 aromatic heterocycles. The third-order valence-corrected chi connectivity index (χ3v) is 3.67. The topological polar surface area (TPSA) is 41.3 Å². The molecule has 0 unspecified atom stereocenters. The highest BCUT2D eigenvalue weighted by Crippen LogP contribution is 2.28. The molecule has 0 radical (unpaired) electrons. The van der Waals surface area contributed by atoms with Gasteiger partial charge in [0.25, 0.3) is 0 Å². The maximum atomic E-state index is 9.13. The number of aliphatic hydroxyl groups is 1. The van der Waals surface area contributed by atoms with E-state index >= 15 is 0 Å². The third-order valence-electron chi connectivity index (χ3n) is 3.67. The molecule has 1 fully saturated rings. The van der Waals surface area contributed by atoms with Gasteiger partial charge in [0.2, 0.25) is 0 Å². The Morgan fingerprint density at radius 3 is 2.83 bits per heavy atom. The summed E-state index contributed by atoms with van der Waals surface area (Å²) in [5.74, 6) is 1.08. The van der Waals surface area contributed by atoms with E-state index in [4.69, 9.17) is 5.11 Å². The Labute approximate surface area is 107 Å².